The third-order valence-corrected chi connectivity index (χ3v) is 5.22. The van der Waals surface area contributed by atoms with E-state index < -0.39 is 22.7 Å². The van der Waals surface area contributed by atoms with Crippen molar-refractivity contribution in [3.05, 3.63) is 72.1 Å². The summed E-state index contributed by atoms with van der Waals surface area (Å²) in [4.78, 5) is 53.8. The monoisotopic (exact) mass is 427 g/mol. The number of ether oxygens (including phenoxy) is 1. The molecule has 30 heavy (non-hydrogen) atoms. The summed E-state index contributed by atoms with van der Waals surface area (Å²) in [7, 11) is 1.26. The van der Waals surface area contributed by atoms with Gasteiger partial charge in [0.1, 0.15) is 11.3 Å². The number of carboxylic acids is 1. The molecule has 0 saturated heterocycles. The lowest BCUT2D eigenvalue weighted by molar-refractivity contribution is 0.0697. The van der Waals surface area contributed by atoms with E-state index in [1.807, 2.05) is 0 Å². The number of hydrogen-bond donors (Lipinski definition) is 2. The lowest BCUT2D eigenvalue weighted by atomic mass is 10.1. The molecule has 0 spiro atoms. The van der Waals surface area contributed by atoms with Crippen LogP contribution in [0.25, 0.3) is 0 Å². The van der Waals surface area contributed by atoms with Gasteiger partial charge in [-0.15, -0.1) is 0 Å². The molecule has 10 heteroatoms. The van der Waals surface area contributed by atoms with E-state index in [1.165, 1.54) is 24.1 Å². The van der Waals surface area contributed by atoms with Gasteiger partial charge in [-0.3, -0.25) is 19.3 Å². The van der Waals surface area contributed by atoms with Gasteiger partial charge < -0.3 is 15.2 Å². The number of carbonyl (C=O) groups excluding carboxylic acids is 1. The highest BCUT2D eigenvalue weighted by Crippen LogP contribution is 2.39. The second-order valence-electron chi connectivity index (χ2n) is 6.66. The fourth-order valence-electron chi connectivity index (χ4n) is 3.39. The van der Waals surface area contributed by atoms with Crippen LogP contribution >= 0.6 is 11.6 Å². The lowest BCUT2D eigenvalue weighted by Gasteiger charge is -2.18. The van der Waals surface area contributed by atoms with E-state index in [1.54, 1.807) is 19.1 Å². The summed E-state index contributed by atoms with van der Waals surface area (Å²) in [6, 6.07) is 5.96. The predicted octanol–water partition coefficient (Wildman–Crippen LogP) is 2.25. The molecular formula is C20H14ClN3O6. The molecular weight excluding hydrogens is 414 g/mol. The number of anilines is 3. The van der Waals surface area contributed by atoms with Crippen molar-refractivity contribution in [3.63, 3.8) is 0 Å². The van der Waals surface area contributed by atoms with Gasteiger partial charge in [0.25, 0.3) is 16.8 Å². The smallest absolute Gasteiger partial charge is 0.339 e. The number of aromatic carboxylic acids is 1. The molecule has 3 aromatic rings. The highest BCUT2D eigenvalue weighted by Gasteiger charge is 2.36. The maximum atomic E-state index is 13.2. The van der Waals surface area contributed by atoms with E-state index in [2.05, 4.69) is 10.3 Å². The second kappa shape index (κ2) is 6.96. The fraction of sp³-hybridized carbons (Fsp3) is 0.150. The van der Waals surface area contributed by atoms with Gasteiger partial charge in [-0.25, -0.2) is 9.78 Å². The molecule has 1 aliphatic heterocycles. The summed E-state index contributed by atoms with van der Waals surface area (Å²) in [6.45, 7) is 1.68. The van der Waals surface area contributed by atoms with E-state index in [4.69, 9.17) is 16.3 Å². The number of amides is 1. The molecule has 2 aromatic carbocycles. The molecule has 2 N–H and O–H groups in total. The van der Waals surface area contributed by atoms with Crippen molar-refractivity contribution < 1.29 is 19.4 Å². The summed E-state index contributed by atoms with van der Waals surface area (Å²) in [5, 5.41) is 12.6. The van der Waals surface area contributed by atoms with Crippen LogP contribution in [0.15, 0.2) is 33.9 Å². The molecule has 0 bridgehead atoms. The van der Waals surface area contributed by atoms with Crippen molar-refractivity contribution in [3.8, 4) is 5.75 Å². The van der Waals surface area contributed by atoms with Crippen molar-refractivity contribution >= 4 is 40.7 Å². The van der Waals surface area contributed by atoms with Crippen LogP contribution in [0.3, 0.4) is 0 Å². The number of nitrogens with zero attached hydrogens (tertiary/aromatic N) is 2. The molecule has 0 saturated carbocycles. The van der Waals surface area contributed by atoms with E-state index in [-0.39, 0.29) is 40.6 Å². The molecule has 0 radical (unpaired) electrons. The van der Waals surface area contributed by atoms with Gasteiger partial charge >= 0.3 is 5.97 Å². The van der Waals surface area contributed by atoms with E-state index in [0.29, 0.717) is 16.3 Å². The van der Waals surface area contributed by atoms with Crippen LogP contribution in [0.4, 0.5) is 17.2 Å². The number of carboxylic acid groups (broad SMARTS) is 1. The van der Waals surface area contributed by atoms with E-state index in [9.17, 15) is 24.3 Å². The maximum Gasteiger partial charge on any atom is 0.339 e. The minimum atomic E-state index is -1.22. The number of methoxy groups -OCH3 is 1. The first kappa shape index (κ1) is 19.6. The number of halogens is 1. The maximum absolute atomic E-state index is 13.2. The Bertz CT molecular complexity index is 1310. The Morgan fingerprint density at radius 3 is 2.60 bits per heavy atom. The van der Waals surface area contributed by atoms with Crippen molar-refractivity contribution in [1.82, 2.24) is 4.98 Å². The average Bonchev–Trinajstić information content (AvgIpc) is 3.07. The normalized spacial score (nSPS) is 12.9. The van der Waals surface area contributed by atoms with Crippen LogP contribution in [0, 0.1) is 6.92 Å². The molecule has 0 atom stereocenters. The predicted molar refractivity (Wildman–Crippen MR) is 109 cm³/mol. The van der Waals surface area contributed by atoms with Crippen molar-refractivity contribution in [2.75, 3.05) is 17.3 Å². The minimum absolute atomic E-state index is 0.00229. The molecule has 9 nitrogen and oxygen atoms in total. The highest BCUT2D eigenvalue weighted by atomic mass is 35.5. The number of rotatable bonds is 5. The molecule has 1 amide bonds. The van der Waals surface area contributed by atoms with Crippen LogP contribution in [0.1, 0.15) is 32.0 Å². The summed E-state index contributed by atoms with van der Waals surface area (Å²) in [6.07, 6.45) is 0. The second-order valence-corrected chi connectivity index (χ2v) is 7.07. The van der Waals surface area contributed by atoms with Gasteiger partial charge in [0.15, 0.2) is 11.6 Å². The number of pyridine rings is 1. The number of benzene rings is 1. The molecule has 1 aromatic heterocycles. The van der Waals surface area contributed by atoms with Gasteiger partial charge in [0, 0.05) is 16.3 Å². The largest absolute Gasteiger partial charge is 0.491 e. The summed E-state index contributed by atoms with van der Waals surface area (Å²) < 4.78 is 4.92. The Hall–Kier alpha value is -3.72. The number of carbonyl (C=O) groups is 2. The summed E-state index contributed by atoms with van der Waals surface area (Å²) >= 11 is 6.28. The topological polar surface area (TPSA) is 126 Å². The number of aryl methyl sites for hydroxylation is 1. The minimum Gasteiger partial charge on any atom is -0.491 e. The molecule has 4 rings (SSSR count). The summed E-state index contributed by atoms with van der Waals surface area (Å²) in [5.74, 6) is -1.88. The van der Waals surface area contributed by atoms with E-state index >= 15 is 0 Å². The molecule has 152 valence electrons. The molecule has 2 heterocycles. The van der Waals surface area contributed by atoms with Gasteiger partial charge in [0.2, 0.25) is 0 Å². The van der Waals surface area contributed by atoms with Crippen LogP contribution < -0.4 is 25.8 Å². The van der Waals surface area contributed by atoms with Gasteiger partial charge in [-0.1, -0.05) is 11.6 Å². The Labute approximate surface area is 174 Å². The third-order valence-electron chi connectivity index (χ3n) is 4.86. The SMILES string of the molecule is COc1c(Nc2ccc(Cl)c3c2C(=O)N(c2nc(C)ccc2C(=O)O)C3)c(=O)c1=O. The summed E-state index contributed by atoms with van der Waals surface area (Å²) in [5.41, 5.74) is -0.301. The first-order chi connectivity index (χ1) is 14.2. The van der Waals surface area contributed by atoms with Gasteiger partial charge in [-0.05, 0) is 31.2 Å². The van der Waals surface area contributed by atoms with Crippen LogP contribution in [0.5, 0.6) is 5.75 Å². The molecule has 0 fully saturated rings. The Kier molecular flexibility index (Phi) is 4.54. The third kappa shape index (κ3) is 2.82. The van der Waals surface area contributed by atoms with Crippen LogP contribution in [0.2, 0.25) is 5.02 Å². The van der Waals surface area contributed by atoms with Crippen LogP contribution in [-0.4, -0.2) is 29.1 Å². The molecule has 1 aliphatic rings. The first-order valence-corrected chi connectivity index (χ1v) is 9.10. The zero-order valence-electron chi connectivity index (χ0n) is 15.8. The standard InChI is InChI=1S/C20H14ClN3O6/c1-8-3-4-9(20(28)29)18(22-8)24-7-10-11(21)5-6-12(13(10)19(24)27)23-14-15(25)16(26)17(14)30-2/h3-6,23H,7H2,1-2H3,(H,28,29). The number of aromatic nitrogens is 1. The number of fused-ring (bicyclic) bond motifs is 1. The Balaban J connectivity index is 1.80. The highest BCUT2D eigenvalue weighted by molar-refractivity contribution is 6.33. The Morgan fingerprint density at radius 1 is 1.20 bits per heavy atom. The van der Waals surface area contributed by atoms with Crippen LogP contribution in [-0.2, 0) is 6.54 Å². The Morgan fingerprint density at radius 2 is 1.93 bits per heavy atom. The van der Waals surface area contributed by atoms with Crippen molar-refractivity contribution in [1.29, 1.82) is 0 Å². The quantitative estimate of drug-likeness (QED) is 0.594. The first-order valence-electron chi connectivity index (χ1n) is 8.73. The number of nitrogens with one attached hydrogen (secondary N) is 1. The van der Waals surface area contributed by atoms with Gasteiger partial charge in [-0.2, -0.15) is 0 Å². The molecule has 0 unspecified atom stereocenters. The van der Waals surface area contributed by atoms with Crippen molar-refractivity contribution in [2.45, 2.75) is 13.5 Å². The number of hydrogen-bond acceptors (Lipinski definition) is 7. The average molecular weight is 428 g/mol. The zero-order chi connectivity index (χ0) is 21.7. The fourth-order valence-corrected chi connectivity index (χ4v) is 3.61. The molecule has 0 aliphatic carbocycles. The zero-order valence-corrected chi connectivity index (χ0v) is 16.5. The van der Waals surface area contributed by atoms with Gasteiger partial charge in [0.05, 0.1) is 24.9 Å². The van der Waals surface area contributed by atoms with E-state index in [0.717, 1.165) is 0 Å². The van der Waals surface area contributed by atoms with Crippen molar-refractivity contribution in [2.24, 2.45) is 0 Å². The lowest BCUT2D eigenvalue weighted by Crippen LogP contribution is -2.34.